The van der Waals surface area contributed by atoms with E-state index in [1.165, 1.54) is 0 Å². The van der Waals surface area contributed by atoms with Gasteiger partial charge in [-0.15, -0.1) is 0 Å². The van der Waals surface area contributed by atoms with Crippen LogP contribution in [0.1, 0.15) is 37.7 Å². The van der Waals surface area contributed by atoms with E-state index in [1.807, 2.05) is 72.8 Å². The molecule has 9 heteroatoms. The largest absolute Gasteiger partial charge is 0.495 e. The van der Waals surface area contributed by atoms with Gasteiger partial charge in [0, 0.05) is 18.5 Å². The molecule has 0 unspecified atom stereocenters. The Balaban J connectivity index is 1.06. The number of fused-ring (bicyclic) bond motifs is 1. The monoisotopic (exact) mass is 604 g/mol. The zero-order chi connectivity index (χ0) is 31.4. The van der Waals surface area contributed by atoms with Crippen molar-refractivity contribution in [3.8, 4) is 28.3 Å². The lowest BCUT2D eigenvalue weighted by molar-refractivity contribution is -0.118. The lowest BCUT2D eigenvalue weighted by Crippen LogP contribution is -2.29. The number of oxazole rings is 1. The van der Waals surface area contributed by atoms with Crippen LogP contribution in [0.5, 0.6) is 5.75 Å². The van der Waals surface area contributed by atoms with Gasteiger partial charge in [0.15, 0.2) is 11.5 Å². The number of ether oxygens (including phenoxy) is 2. The summed E-state index contributed by atoms with van der Waals surface area (Å²) in [6.07, 6.45) is 2.53. The predicted molar refractivity (Wildman–Crippen MR) is 176 cm³/mol. The van der Waals surface area contributed by atoms with Crippen molar-refractivity contribution in [2.24, 2.45) is 0 Å². The lowest BCUT2D eigenvalue weighted by atomic mass is 10.1. The maximum atomic E-state index is 12.7. The summed E-state index contributed by atoms with van der Waals surface area (Å²) in [6.45, 7) is 0.733. The third-order valence-corrected chi connectivity index (χ3v) is 7.22. The fraction of sp³-hybridized carbons (Fsp3) is 0.222. The number of carbonyl (C=O) groups is 2. The third-order valence-electron chi connectivity index (χ3n) is 7.22. The molecule has 4 aromatic carbocycles. The van der Waals surface area contributed by atoms with Crippen molar-refractivity contribution in [2.45, 2.75) is 38.7 Å². The molecule has 0 aliphatic rings. The Morgan fingerprint density at radius 1 is 0.844 bits per heavy atom. The summed E-state index contributed by atoms with van der Waals surface area (Å²) < 4.78 is 16.9. The zero-order valence-electron chi connectivity index (χ0n) is 25.2. The summed E-state index contributed by atoms with van der Waals surface area (Å²) in [5.41, 5.74) is 5.70. The second-order valence-electron chi connectivity index (χ2n) is 10.6. The summed E-state index contributed by atoms with van der Waals surface area (Å²) in [5, 5.41) is 13.6. The Morgan fingerprint density at radius 2 is 1.60 bits per heavy atom. The fourth-order valence-corrected chi connectivity index (χ4v) is 4.86. The second kappa shape index (κ2) is 15.3. The molecule has 0 saturated carbocycles. The summed E-state index contributed by atoms with van der Waals surface area (Å²) >= 11 is 0. The van der Waals surface area contributed by atoms with E-state index in [9.17, 15) is 9.59 Å². The Kier molecular flexibility index (Phi) is 10.6. The van der Waals surface area contributed by atoms with Crippen molar-refractivity contribution < 1.29 is 23.5 Å². The number of rotatable bonds is 14. The van der Waals surface area contributed by atoms with Gasteiger partial charge >= 0.3 is 6.03 Å². The van der Waals surface area contributed by atoms with Crippen molar-refractivity contribution in [3.05, 3.63) is 103 Å². The van der Waals surface area contributed by atoms with Crippen LogP contribution in [-0.4, -0.2) is 36.4 Å². The van der Waals surface area contributed by atoms with Gasteiger partial charge < -0.3 is 24.5 Å². The van der Waals surface area contributed by atoms with E-state index in [-0.39, 0.29) is 30.7 Å². The third kappa shape index (κ3) is 8.79. The number of hydrogen-bond acceptors (Lipinski definition) is 7. The first-order chi connectivity index (χ1) is 22.0. The molecule has 9 nitrogen and oxygen atoms in total. The van der Waals surface area contributed by atoms with Crippen molar-refractivity contribution in [1.82, 2.24) is 10.3 Å². The highest BCUT2D eigenvalue weighted by atomic mass is 16.5. The molecule has 1 aromatic heterocycles. The molecule has 0 bridgehead atoms. The zero-order valence-corrected chi connectivity index (χ0v) is 25.2. The average molecular weight is 605 g/mol. The number of nitrogens with zero attached hydrogens (tertiary/aromatic N) is 1. The molecule has 0 fully saturated rings. The topological polar surface area (TPSA) is 127 Å². The minimum Gasteiger partial charge on any atom is -0.495 e. The van der Waals surface area contributed by atoms with E-state index >= 15 is 0 Å². The molecule has 0 spiro atoms. The van der Waals surface area contributed by atoms with Crippen molar-refractivity contribution in [1.29, 1.82) is 5.41 Å². The first kappa shape index (κ1) is 31.0. The Bertz CT molecular complexity index is 1750. The molecule has 5 aromatic rings. The normalized spacial score (nSPS) is 10.8. The van der Waals surface area contributed by atoms with Gasteiger partial charge in [-0.05, 0) is 59.9 Å². The first-order valence-corrected chi connectivity index (χ1v) is 14.9. The number of amides is 2. The molecule has 0 aliphatic carbocycles. The highest BCUT2D eigenvalue weighted by molar-refractivity contribution is 5.96. The van der Waals surface area contributed by atoms with Gasteiger partial charge in [-0.2, -0.15) is 0 Å². The van der Waals surface area contributed by atoms with Crippen molar-refractivity contribution >= 4 is 34.5 Å². The Morgan fingerprint density at radius 3 is 2.38 bits per heavy atom. The van der Waals surface area contributed by atoms with Gasteiger partial charge in [0.2, 0.25) is 5.89 Å². The average Bonchev–Trinajstić information content (AvgIpc) is 3.50. The molecular weight excluding hydrogens is 568 g/mol. The minimum absolute atomic E-state index is 0.00728. The number of Topliss-reactive ketones (excluding diaryl/α,β-unsaturated/α-hetero) is 1. The van der Waals surface area contributed by atoms with Crippen molar-refractivity contribution in [2.75, 3.05) is 19.0 Å². The number of ketones is 1. The number of carbonyl (C=O) groups excluding carboxylic acids is 2. The maximum absolute atomic E-state index is 12.7. The number of aromatic nitrogens is 1. The van der Waals surface area contributed by atoms with Crippen LogP contribution in [0.25, 0.3) is 33.7 Å². The molecule has 5 rings (SSSR count). The van der Waals surface area contributed by atoms with E-state index in [2.05, 4.69) is 22.8 Å². The van der Waals surface area contributed by atoms with Gasteiger partial charge in [-0.3, -0.25) is 10.2 Å². The number of benzene rings is 4. The predicted octanol–water partition coefficient (Wildman–Crippen LogP) is 8.01. The summed E-state index contributed by atoms with van der Waals surface area (Å²) in [5.74, 6) is 0.901. The van der Waals surface area contributed by atoms with E-state index in [0.717, 1.165) is 28.6 Å². The molecule has 230 valence electrons. The molecule has 1 heterocycles. The quantitative estimate of drug-likeness (QED) is 0.0670. The molecule has 0 radical (unpaired) electrons. The van der Waals surface area contributed by atoms with E-state index in [1.54, 1.807) is 19.2 Å². The van der Waals surface area contributed by atoms with Crippen LogP contribution in [0.2, 0.25) is 0 Å². The van der Waals surface area contributed by atoms with Crippen LogP contribution >= 0.6 is 0 Å². The molecule has 3 N–H and O–H groups in total. The highest BCUT2D eigenvalue weighted by Gasteiger charge is 2.14. The number of unbranched alkanes of at least 4 members (excludes halogenated alkanes) is 2. The number of nitrogens with one attached hydrogen (secondary N) is 3. The molecule has 0 aliphatic heterocycles. The summed E-state index contributed by atoms with van der Waals surface area (Å²) in [7, 11) is 1.54. The van der Waals surface area contributed by atoms with Gasteiger partial charge in [0.1, 0.15) is 23.7 Å². The fourth-order valence-electron chi connectivity index (χ4n) is 4.86. The number of urea groups is 1. The molecule has 0 atom stereocenters. The Labute approximate surface area is 262 Å². The Hall–Kier alpha value is -5.44. The van der Waals surface area contributed by atoms with Gasteiger partial charge in [0.25, 0.3) is 0 Å². The van der Waals surface area contributed by atoms with Crippen LogP contribution in [0, 0.1) is 5.41 Å². The summed E-state index contributed by atoms with van der Waals surface area (Å²) in [4.78, 5) is 29.6. The number of anilines is 1. The van der Waals surface area contributed by atoms with Gasteiger partial charge in [0.05, 0.1) is 19.2 Å². The van der Waals surface area contributed by atoms with Gasteiger partial charge in [-0.1, -0.05) is 73.2 Å². The van der Waals surface area contributed by atoms with Crippen LogP contribution in [-0.2, 0) is 16.1 Å². The SMILES string of the molecule is COc1ccc(-c2nc3cc(-c4ccccc4)ccc3o2)cc1NC(=O)NCCCCCC(=O)CC(=N)OCc1ccccc1. The number of methoxy groups -OCH3 is 1. The standard InChI is InChI=1S/C36H36N4O5/c1-43-32-18-17-28(35-39-31-21-27(16-19-33(31)45-35)26-13-7-3-8-14-26)22-30(32)40-36(42)38-20-10-4-9-15-29(41)23-34(37)44-24-25-11-5-2-6-12-25/h2-3,5-8,11-14,16-19,21-22,37H,4,9-10,15,20,23-24H2,1H3,(H2,38,40,42). The first-order valence-electron chi connectivity index (χ1n) is 14.9. The highest BCUT2D eigenvalue weighted by Crippen LogP contribution is 2.33. The maximum Gasteiger partial charge on any atom is 0.319 e. The molecule has 0 saturated heterocycles. The lowest BCUT2D eigenvalue weighted by Gasteiger charge is -2.12. The smallest absolute Gasteiger partial charge is 0.319 e. The van der Waals surface area contributed by atoms with E-state index in [4.69, 9.17) is 24.3 Å². The minimum atomic E-state index is -0.365. The molecular formula is C36H36N4O5. The molecule has 2 amide bonds. The van der Waals surface area contributed by atoms with E-state index in [0.29, 0.717) is 54.3 Å². The van der Waals surface area contributed by atoms with Crippen LogP contribution in [0.3, 0.4) is 0 Å². The van der Waals surface area contributed by atoms with E-state index < -0.39 is 0 Å². The molecule has 45 heavy (non-hydrogen) atoms. The van der Waals surface area contributed by atoms with Crippen molar-refractivity contribution in [3.63, 3.8) is 0 Å². The van der Waals surface area contributed by atoms with Crippen LogP contribution < -0.4 is 15.4 Å². The second-order valence-corrected chi connectivity index (χ2v) is 10.6. The van der Waals surface area contributed by atoms with Gasteiger partial charge in [-0.25, -0.2) is 9.78 Å². The van der Waals surface area contributed by atoms with Crippen LogP contribution in [0.4, 0.5) is 10.5 Å². The van der Waals surface area contributed by atoms with Crippen LogP contribution in [0.15, 0.2) is 101 Å². The number of hydrogen-bond donors (Lipinski definition) is 3. The summed E-state index contributed by atoms with van der Waals surface area (Å²) in [6, 6.07) is 30.6.